The number of benzene rings is 1. The minimum Gasteiger partial charge on any atom is -0.0814 e. The first-order valence-corrected chi connectivity index (χ1v) is 11.6. The molecule has 0 aliphatic heterocycles. The van der Waals surface area contributed by atoms with Gasteiger partial charge in [-0.2, -0.15) is 0 Å². The van der Waals surface area contributed by atoms with E-state index in [-0.39, 0.29) is 0 Å². The highest BCUT2D eigenvalue weighted by Gasteiger charge is 2.30. The van der Waals surface area contributed by atoms with Crippen LogP contribution in [-0.2, 0) is 6.42 Å². The first kappa shape index (κ1) is 20.4. The highest BCUT2D eigenvalue weighted by Crippen LogP contribution is 2.44. The molecular weight excluding hydrogens is 324 g/mol. The van der Waals surface area contributed by atoms with Gasteiger partial charge in [0.05, 0.1) is 0 Å². The van der Waals surface area contributed by atoms with Gasteiger partial charge in [0.1, 0.15) is 0 Å². The molecule has 1 aromatic rings. The molecule has 0 N–H and O–H groups in total. The van der Waals surface area contributed by atoms with E-state index in [4.69, 9.17) is 0 Å². The lowest BCUT2D eigenvalue weighted by Gasteiger charge is -2.37. The van der Waals surface area contributed by atoms with Gasteiger partial charge in [-0.3, -0.25) is 0 Å². The second-order valence-electron chi connectivity index (χ2n) is 9.41. The largest absolute Gasteiger partial charge is 0.0814 e. The van der Waals surface area contributed by atoms with Crippen LogP contribution in [0.1, 0.15) is 95.6 Å². The summed E-state index contributed by atoms with van der Waals surface area (Å²) in [5.74, 6) is 3.66. The summed E-state index contributed by atoms with van der Waals surface area (Å²) in [5, 5.41) is 0. The van der Waals surface area contributed by atoms with Crippen LogP contribution in [0.5, 0.6) is 0 Å². The average Bonchev–Trinajstić information content (AvgIpc) is 2.69. The normalized spacial score (nSPS) is 29.0. The SMILES string of the molecule is CCCc1ccc(C2CCC(C3CCC(C=CC=C(C)C)CC3)CC2)cc1. The Morgan fingerprint density at radius 1 is 0.852 bits per heavy atom. The van der Waals surface area contributed by atoms with Crippen molar-refractivity contribution in [3.05, 3.63) is 59.2 Å². The fourth-order valence-electron chi connectivity index (χ4n) is 5.38. The summed E-state index contributed by atoms with van der Waals surface area (Å²) < 4.78 is 0. The van der Waals surface area contributed by atoms with E-state index in [9.17, 15) is 0 Å². The van der Waals surface area contributed by atoms with Gasteiger partial charge in [0.2, 0.25) is 0 Å². The number of rotatable bonds is 6. The molecule has 0 heterocycles. The third kappa shape index (κ3) is 6.09. The van der Waals surface area contributed by atoms with Crippen LogP contribution in [0.2, 0.25) is 0 Å². The Bertz CT molecular complexity index is 598. The van der Waals surface area contributed by atoms with E-state index in [1.54, 1.807) is 5.56 Å². The smallest absolute Gasteiger partial charge is 0.0162 e. The molecular formula is C27H40. The molecule has 0 aromatic heterocycles. The quantitative estimate of drug-likeness (QED) is 0.446. The summed E-state index contributed by atoms with van der Waals surface area (Å²) in [6.45, 7) is 6.62. The molecule has 1 aromatic carbocycles. The maximum Gasteiger partial charge on any atom is -0.0162 e. The first-order valence-electron chi connectivity index (χ1n) is 11.6. The van der Waals surface area contributed by atoms with E-state index in [1.165, 1.54) is 75.3 Å². The maximum atomic E-state index is 2.46. The molecule has 0 nitrogen and oxygen atoms in total. The summed E-state index contributed by atoms with van der Waals surface area (Å²) in [6.07, 6.45) is 21.0. The van der Waals surface area contributed by atoms with E-state index in [0.29, 0.717) is 0 Å². The van der Waals surface area contributed by atoms with Crippen LogP contribution >= 0.6 is 0 Å². The fourth-order valence-corrected chi connectivity index (χ4v) is 5.38. The monoisotopic (exact) mass is 364 g/mol. The van der Waals surface area contributed by atoms with Crippen LogP contribution in [0, 0.1) is 17.8 Å². The number of hydrogen-bond donors (Lipinski definition) is 0. The number of hydrogen-bond acceptors (Lipinski definition) is 0. The number of aryl methyl sites for hydroxylation is 1. The lowest BCUT2D eigenvalue weighted by Crippen LogP contribution is -2.25. The van der Waals surface area contributed by atoms with Crippen LogP contribution in [0.3, 0.4) is 0 Å². The van der Waals surface area contributed by atoms with Crippen molar-refractivity contribution in [1.82, 2.24) is 0 Å². The molecule has 0 amide bonds. The molecule has 0 heteroatoms. The molecule has 2 aliphatic rings. The van der Waals surface area contributed by atoms with Crippen molar-refractivity contribution in [2.24, 2.45) is 17.8 Å². The summed E-state index contributed by atoms with van der Waals surface area (Å²) in [5.41, 5.74) is 4.50. The van der Waals surface area contributed by atoms with Crippen LogP contribution in [0.4, 0.5) is 0 Å². The predicted octanol–water partition coefficient (Wildman–Crippen LogP) is 8.24. The maximum absolute atomic E-state index is 2.46. The Morgan fingerprint density at radius 3 is 2.00 bits per heavy atom. The Morgan fingerprint density at radius 2 is 1.44 bits per heavy atom. The van der Waals surface area contributed by atoms with E-state index in [1.807, 2.05) is 0 Å². The van der Waals surface area contributed by atoms with Crippen molar-refractivity contribution >= 4 is 0 Å². The second-order valence-corrected chi connectivity index (χ2v) is 9.41. The van der Waals surface area contributed by atoms with Gasteiger partial charge in [0, 0.05) is 0 Å². The molecule has 0 atom stereocenters. The molecule has 2 saturated carbocycles. The van der Waals surface area contributed by atoms with Gasteiger partial charge in [0.25, 0.3) is 0 Å². The standard InChI is InChI=1S/C27H40/c1-4-6-22-9-13-24(14-10-22)26-17-19-27(20-18-26)25-15-11-23(12-16-25)8-5-7-21(2)3/h5,7-10,13-14,23,25-27H,4,6,11-12,15-20H2,1-3H3. The Hall–Kier alpha value is -1.30. The average molecular weight is 365 g/mol. The molecule has 3 rings (SSSR count). The van der Waals surface area contributed by atoms with Crippen molar-refractivity contribution in [2.45, 2.75) is 90.9 Å². The molecule has 148 valence electrons. The van der Waals surface area contributed by atoms with Crippen molar-refractivity contribution < 1.29 is 0 Å². The molecule has 0 radical (unpaired) electrons. The lowest BCUT2D eigenvalue weighted by molar-refractivity contribution is 0.171. The Kier molecular flexibility index (Phi) is 7.80. The van der Waals surface area contributed by atoms with Gasteiger partial charge < -0.3 is 0 Å². The minimum atomic E-state index is 0.820. The summed E-state index contributed by atoms with van der Waals surface area (Å²) in [7, 11) is 0. The second kappa shape index (κ2) is 10.3. The molecule has 0 bridgehead atoms. The van der Waals surface area contributed by atoms with E-state index >= 15 is 0 Å². The van der Waals surface area contributed by atoms with Crippen molar-refractivity contribution in [1.29, 1.82) is 0 Å². The molecule has 2 fully saturated rings. The summed E-state index contributed by atoms with van der Waals surface area (Å²) >= 11 is 0. The van der Waals surface area contributed by atoms with Crippen molar-refractivity contribution in [2.75, 3.05) is 0 Å². The molecule has 27 heavy (non-hydrogen) atoms. The van der Waals surface area contributed by atoms with Crippen molar-refractivity contribution in [3.8, 4) is 0 Å². The zero-order valence-electron chi connectivity index (χ0n) is 17.9. The lowest BCUT2D eigenvalue weighted by atomic mass is 9.68. The minimum absolute atomic E-state index is 0.820. The predicted molar refractivity (Wildman–Crippen MR) is 119 cm³/mol. The molecule has 2 aliphatic carbocycles. The van der Waals surface area contributed by atoms with Crippen LogP contribution in [0.15, 0.2) is 48.1 Å². The Labute approximate surface area is 168 Å². The fraction of sp³-hybridized carbons (Fsp3) is 0.630. The van der Waals surface area contributed by atoms with Gasteiger partial charge in [-0.05, 0) is 106 Å². The number of allylic oxidation sites excluding steroid dienone is 4. The zero-order valence-corrected chi connectivity index (χ0v) is 17.9. The highest BCUT2D eigenvalue weighted by atomic mass is 14.4. The van der Waals surface area contributed by atoms with Gasteiger partial charge >= 0.3 is 0 Å². The third-order valence-corrected chi connectivity index (χ3v) is 7.06. The van der Waals surface area contributed by atoms with Gasteiger partial charge in [-0.1, -0.05) is 61.4 Å². The van der Waals surface area contributed by atoms with Gasteiger partial charge in [-0.15, -0.1) is 0 Å². The third-order valence-electron chi connectivity index (χ3n) is 7.06. The molecule has 0 unspecified atom stereocenters. The van der Waals surface area contributed by atoms with Gasteiger partial charge in [-0.25, -0.2) is 0 Å². The van der Waals surface area contributed by atoms with Crippen LogP contribution < -0.4 is 0 Å². The first-order chi connectivity index (χ1) is 13.2. The van der Waals surface area contributed by atoms with E-state index in [2.05, 4.69) is 63.3 Å². The Balaban J connectivity index is 1.43. The zero-order chi connectivity index (χ0) is 19.1. The van der Waals surface area contributed by atoms with Crippen LogP contribution in [-0.4, -0.2) is 0 Å². The van der Waals surface area contributed by atoms with E-state index in [0.717, 1.165) is 23.7 Å². The highest BCUT2D eigenvalue weighted by molar-refractivity contribution is 5.26. The van der Waals surface area contributed by atoms with Crippen LogP contribution in [0.25, 0.3) is 0 Å². The van der Waals surface area contributed by atoms with Gasteiger partial charge in [0.15, 0.2) is 0 Å². The molecule has 0 spiro atoms. The van der Waals surface area contributed by atoms with E-state index < -0.39 is 0 Å². The summed E-state index contributed by atoms with van der Waals surface area (Å²) in [4.78, 5) is 0. The summed E-state index contributed by atoms with van der Waals surface area (Å²) in [6, 6.07) is 9.57. The molecule has 0 saturated heterocycles. The topological polar surface area (TPSA) is 0 Å². The van der Waals surface area contributed by atoms with Crippen molar-refractivity contribution in [3.63, 3.8) is 0 Å².